The van der Waals surface area contributed by atoms with E-state index < -0.39 is 0 Å². The molecular weight excluding hydrogens is 398 g/mol. The molecule has 3 aromatic rings. The first kappa shape index (κ1) is 19.7. The Hall–Kier alpha value is -3.03. The Morgan fingerprint density at radius 2 is 1.71 bits per heavy atom. The lowest BCUT2D eigenvalue weighted by molar-refractivity contribution is 0.103. The van der Waals surface area contributed by atoms with Crippen molar-refractivity contribution >= 4 is 46.3 Å². The van der Waals surface area contributed by atoms with Gasteiger partial charge in [-0.3, -0.25) is 4.79 Å². The highest BCUT2D eigenvalue weighted by atomic mass is 35.5. The number of carbonyl (C=O) groups is 2. The van der Waals surface area contributed by atoms with Crippen LogP contribution in [-0.2, 0) is 0 Å². The topological polar surface area (TPSA) is 79.5 Å². The third kappa shape index (κ3) is 6.00. The van der Waals surface area contributed by atoms with Crippen LogP contribution < -0.4 is 20.7 Å². The van der Waals surface area contributed by atoms with E-state index >= 15 is 0 Å². The van der Waals surface area contributed by atoms with Crippen LogP contribution in [0.1, 0.15) is 9.67 Å². The predicted molar refractivity (Wildman–Crippen MR) is 113 cm³/mol. The van der Waals surface area contributed by atoms with Gasteiger partial charge in [-0.1, -0.05) is 23.7 Å². The number of amides is 3. The van der Waals surface area contributed by atoms with Crippen LogP contribution in [0.2, 0.25) is 5.02 Å². The smallest absolute Gasteiger partial charge is 0.319 e. The highest BCUT2D eigenvalue weighted by Gasteiger charge is 2.08. The summed E-state index contributed by atoms with van der Waals surface area (Å²) in [6, 6.07) is 17.2. The fraction of sp³-hybridized carbons (Fsp3) is 0.100. The molecule has 0 saturated heterocycles. The fourth-order valence-corrected chi connectivity index (χ4v) is 3.06. The molecule has 0 radical (unpaired) electrons. The van der Waals surface area contributed by atoms with Gasteiger partial charge in [-0.2, -0.15) is 0 Å². The van der Waals surface area contributed by atoms with E-state index in [0.29, 0.717) is 40.2 Å². The van der Waals surface area contributed by atoms with Crippen molar-refractivity contribution in [3.63, 3.8) is 0 Å². The van der Waals surface area contributed by atoms with Crippen LogP contribution >= 0.6 is 22.9 Å². The summed E-state index contributed by atoms with van der Waals surface area (Å²) in [5.41, 5.74) is 1.17. The van der Waals surface area contributed by atoms with Gasteiger partial charge in [-0.05, 0) is 53.9 Å². The Labute approximate surface area is 171 Å². The van der Waals surface area contributed by atoms with Crippen molar-refractivity contribution < 1.29 is 14.3 Å². The molecule has 0 aliphatic heterocycles. The molecule has 0 aliphatic carbocycles. The van der Waals surface area contributed by atoms with Gasteiger partial charge in [0.25, 0.3) is 5.91 Å². The summed E-state index contributed by atoms with van der Waals surface area (Å²) in [5.74, 6) is 0.497. The third-order valence-corrected chi connectivity index (χ3v) is 4.71. The summed E-state index contributed by atoms with van der Waals surface area (Å²) >= 11 is 7.18. The van der Waals surface area contributed by atoms with Crippen molar-refractivity contribution in [1.82, 2.24) is 5.32 Å². The minimum atomic E-state index is -0.360. The zero-order chi connectivity index (χ0) is 19.8. The quantitative estimate of drug-likeness (QED) is 0.482. The number of carbonyl (C=O) groups excluding carboxylic acids is 2. The van der Waals surface area contributed by atoms with Crippen molar-refractivity contribution in [3.8, 4) is 5.75 Å². The van der Waals surface area contributed by atoms with Crippen molar-refractivity contribution in [2.75, 3.05) is 23.8 Å². The number of thiophene rings is 1. The van der Waals surface area contributed by atoms with E-state index in [1.54, 1.807) is 54.6 Å². The molecule has 6 nitrogen and oxygen atoms in total. The lowest BCUT2D eigenvalue weighted by atomic mass is 10.2. The van der Waals surface area contributed by atoms with Crippen LogP contribution in [-0.4, -0.2) is 25.1 Å². The second-order valence-electron chi connectivity index (χ2n) is 5.70. The van der Waals surface area contributed by atoms with Crippen molar-refractivity contribution in [2.24, 2.45) is 0 Å². The number of hydrogen-bond acceptors (Lipinski definition) is 4. The Kier molecular flexibility index (Phi) is 6.89. The van der Waals surface area contributed by atoms with Gasteiger partial charge in [0.15, 0.2) is 0 Å². The highest BCUT2D eigenvalue weighted by Crippen LogP contribution is 2.18. The van der Waals surface area contributed by atoms with E-state index in [-0.39, 0.29) is 11.9 Å². The Morgan fingerprint density at radius 3 is 2.43 bits per heavy atom. The maximum atomic E-state index is 12.1. The third-order valence-electron chi connectivity index (χ3n) is 3.59. The first-order valence-corrected chi connectivity index (χ1v) is 9.74. The van der Waals surface area contributed by atoms with Crippen LogP contribution in [0.5, 0.6) is 5.75 Å². The Morgan fingerprint density at radius 1 is 0.964 bits per heavy atom. The number of halogens is 1. The number of anilines is 2. The lowest BCUT2D eigenvalue weighted by Gasteiger charge is -2.10. The molecule has 0 bridgehead atoms. The molecule has 144 valence electrons. The van der Waals surface area contributed by atoms with E-state index in [1.165, 1.54) is 11.3 Å². The Bertz CT molecular complexity index is 930. The molecule has 3 amide bonds. The van der Waals surface area contributed by atoms with Crippen molar-refractivity contribution in [3.05, 3.63) is 75.9 Å². The minimum absolute atomic E-state index is 0.184. The number of rotatable bonds is 7. The first-order chi connectivity index (χ1) is 13.6. The number of benzene rings is 2. The van der Waals surface area contributed by atoms with Crippen molar-refractivity contribution in [1.29, 1.82) is 0 Å². The normalized spacial score (nSPS) is 10.2. The predicted octanol–water partition coefficient (Wildman–Crippen LogP) is 4.85. The SMILES string of the molecule is O=C(NCCOc1ccc(Cl)cc1)Nc1cccc(NC(=O)c2cccs2)c1. The number of ether oxygens (including phenoxy) is 1. The fourth-order valence-electron chi connectivity index (χ4n) is 2.31. The van der Waals surface area contributed by atoms with Crippen LogP contribution in [0, 0.1) is 0 Å². The van der Waals surface area contributed by atoms with Gasteiger partial charge in [0.2, 0.25) is 0 Å². The molecular formula is C20H18ClN3O3S. The molecule has 0 aliphatic rings. The number of hydrogen-bond donors (Lipinski definition) is 3. The van der Waals surface area contributed by atoms with Crippen LogP contribution in [0.15, 0.2) is 66.0 Å². The number of urea groups is 1. The summed E-state index contributed by atoms with van der Waals surface area (Å²) in [7, 11) is 0. The molecule has 3 rings (SSSR count). The maximum absolute atomic E-state index is 12.1. The molecule has 1 aromatic heterocycles. The molecule has 28 heavy (non-hydrogen) atoms. The zero-order valence-corrected chi connectivity index (χ0v) is 16.3. The molecule has 0 unspecified atom stereocenters. The molecule has 8 heteroatoms. The summed E-state index contributed by atoms with van der Waals surface area (Å²) in [6.45, 7) is 0.662. The van der Waals surface area contributed by atoms with E-state index in [1.807, 2.05) is 11.4 Å². The molecule has 0 saturated carbocycles. The summed E-state index contributed by atoms with van der Waals surface area (Å²) in [5, 5.41) is 10.7. The van der Waals surface area contributed by atoms with Gasteiger partial charge in [0.1, 0.15) is 12.4 Å². The molecule has 0 atom stereocenters. The van der Waals surface area contributed by atoms with Gasteiger partial charge in [0, 0.05) is 16.4 Å². The van der Waals surface area contributed by atoms with E-state index in [4.69, 9.17) is 16.3 Å². The van der Waals surface area contributed by atoms with Gasteiger partial charge in [-0.15, -0.1) is 11.3 Å². The van der Waals surface area contributed by atoms with Gasteiger partial charge >= 0.3 is 6.03 Å². The van der Waals surface area contributed by atoms with E-state index in [9.17, 15) is 9.59 Å². The maximum Gasteiger partial charge on any atom is 0.319 e. The molecule has 0 spiro atoms. The summed E-state index contributed by atoms with van der Waals surface area (Å²) < 4.78 is 5.51. The van der Waals surface area contributed by atoms with E-state index in [0.717, 1.165) is 0 Å². The average molecular weight is 416 g/mol. The molecule has 0 fully saturated rings. The molecule has 3 N–H and O–H groups in total. The number of nitrogens with one attached hydrogen (secondary N) is 3. The lowest BCUT2D eigenvalue weighted by Crippen LogP contribution is -2.32. The van der Waals surface area contributed by atoms with Crippen LogP contribution in [0.4, 0.5) is 16.2 Å². The van der Waals surface area contributed by atoms with Crippen LogP contribution in [0.25, 0.3) is 0 Å². The summed E-state index contributed by atoms with van der Waals surface area (Å²) in [4.78, 5) is 24.7. The van der Waals surface area contributed by atoms with Gasteiger partial charge in [0.05, 0.1) is 11.4 Å². The second-order valence-corrected chi connectivity index (χ2v) is 7.08. The largest absolute Gasteiger partial charge is 0.492 e. The summed E-state index contributed by atoms with van der Waals surface area (Å²) in [6.07, 6.45) is 0. The second kappa shape index (κ2) is 9.77. The van der Waals surface area contributed by atoms with Crippen molar-refractivity contribution in [2.45, 2.75) is 0 Å². The van der Waals surface area contributed by atoms with Gasteiger partial charge < -0.3 is 20.7 Å². The highest BCUT2D eigenvalue weighted by molar-refractivity contribution is 7.12. The monoisotopic (exact) mass is 415 g/mol. The van der Waals surface area contributed by atoms with E-state index in [2.05, 4.69) is 16.0 Å². The molecule has 2 aromatic carbocycles. The first-order valence-electron chi connectivity index (χ1n) is 8.48. The minimum Gasteiger partial charge on any atom is -0.492 e. The zero-order valence-electron chi connectivity index (χ0n) is 14.8. The standard InChI is InChI=1S/C20H18ClN3O3S/c21-14-6-8-17(9-7-14)27-11-10-22-20(26)24-16-4-1-3-15(13-16)23-19(25)18-5-2-12-28-18/h1-9,12-13H,10-11H2,(H,23,25)(H2,22,24,26). The average Bonchev–Trinajstić information content (AvgIpc) is 3.22. The van der Waals surface area contributed by atoms with Gasteiger partial charge in [-0.25, -0.2) is 4.79 Å². The van der Waals surface area contributed by atoms with Crippen LogP contribution in [0.3, 0.4) is 0 Å². The Balaban J connectivity index is 1.43. The molecule has 1 heterocycles.